The maximum atomic E-state index is 13.3. The van der Waals surface area contributed by atoms with Crippen LogP contribution in [0.25, 0.3) is 0 Å². The number of methoxy groups -OCH3 is 1. The summed E-state index contributed by atoms with van der Waals surface area (Å²) in [5.74, 6) is -3.00. The number of amides is 1. The van der Waals surface area contributed by atoms with E-state index in [0.29, 0.717) is 5.56 Å². The SMILES string of the molecule is COC1[C@H](OC(C)=O)[C@@H](OC(C)=O)[C@H](OC(C)=O)[C@@H](COC(C)=O)N1C(=O)OCc1ccccc1. The molecular weight excluding hydrogens is 466 g/mol. The molecule has 192 valence electrons. The molecular formula is C23H29NO11. The molecule has 35 heavy (non-hydrogen) atoms. The molecule has 12 nitrogen and oxygen atoms in total. The third-order valence-corrected chi connectivity index (χ3v) is 4.96. The van der Waals surface area contributed by atoms with Gasteiger partial charge < -0.3 is 28.4 Å². The van der Waals surface area contributed by atoms with Crippen molar-refractivity contribution in [3.05, 3.63) is 35.9 Å². The summed E-state index contributed by atoms with van der Waals surface area (Å²) in [4.78, 5) is 61.6. The van der Waals surface area contributed by atoms with Crippen LogP contribution in [0.3, 0.4) is 0 Å². The summed E-state index contributed by atoms with van der Waals surface area (Å²) in [6.45, 7) is 3.91. The first-order valence-corrected chi connectivity index (χ1v) is 10.7. The minimum Gasteiger partial charge on any atom is -0.464 e. The van der Waals surface area contributed by atoms with Crippen LogP contribution in [-0.2, 0) is 54.2 Å². The first-order valence-electron chi connectivity index (χ1n) is 10.7. The first kappa shape index (κ1) is 27.6. The van der Waals surface area contributed by atoms with E-state index in [1.165, 1.54) is 7.11 Å². The molecule has 1 aliphatic heterocycles. The van der Waals surface area contributed by atoms with Gasteiger partial charge in [-0.3, -0.25) is 24.1 Å². The molecule has 1 fully saturated rings. The average molecular weight is 495 g/mol. The second kappa shape index (κ2) is 12.7. The van der Waals surface area contributed by atoms with Gasteiger partial charge in [0, 0.05) is 34.8 Å². The van der Waals surface area contributed by atoms with Crippen molar-refractivity contribution < 1.29 is 52.4 Å². The van der Waals surface area contributed by atoms with Gasteiger partial charge in [-0.1, -0.05) is 30.3 Å². The van der Waals surface area contributed by atoms with E-state index in [2.05, 4.69) is 0 Å². The molecule has 1 aliphatic rings. The third-order valence-electron chi connectivity index (χ3n) is 4.96. The van der Waals surface area contributed by atoms with Gasteiger partial charge in [-0.2, -0.15) is 0 Å². The van der Waals surface area contributed by atoms with Crippen LogP contribution in [0.4, 0.5) is 4.79 Å². The number of hydrogen-bond donors (Lipinski definition) is 0. The Hall–Kier alpha value is -3.67. The lowest BCUT2D eigenvalue weighted by molar-refractivity contribution is -0.245. The molecule has 1 heterocycles. The summed E-state index contributed by atoms with van der Waals surface area (Å²) in [6.07, 6.45) is -6.46. The summed E-state index contributed by atoms with van der Waals surface area (Å²) < 4.78 is 32.1. The maximum absolute atomic E-state index is 13.3. The molecule has 0 aromatic heterocycles. The number of carbonyl (C=O) groups excluding carboxylic acids is 5. The minimum atomic E-state index is -1.40. The number of rotatable bonds is 8. The topological polar surface area (TPSA) is 144 Å². The predicted molar refractivity (Wildman–Crippen MR) is 116 cm³/mol. The van der Waals surface area contributed by atoms with Crippen LogP contribution >= 0.6 is 0 Å². The number of ether oxygens (including phenoxy) is 6. The van der Waals surface area contributed by atoms with E-state index < -0.39 is 67.2 Å². The van der Waals surface area contributed by atoms with Gasteiger partial charge in [-0.25, -0.2) is 4.79 Å². The summed E-state index contributed by atoms with van der Waals surface area (Å²) >= 11 is 0. The summed E-state index contributed by atoms with van der Waals surface area (Å²) in [5.41, 5.74) is 0.689. The molecule has 0 radical (unpaired) electrons. The highest BCUT2D eigenvalue weighted by molar-refractivity contribution is 5.72. The second-order valence-corrected chi connectivity index (χ2v) is 7.67. The van der Waals surface area contributed by atoms with Crippen LogP contribution < -0.4 is 0 Å². The van der Waals surface area contributed by atoms with E-state index in [4.69, 9.17) is 28.4 Å². The maximum Gasteiger partial charge on any atom is 0.412 e. The molecule has 1 aromatic carbocycles. The zero-order valence-corrected chi connectivity index (χ0v) is 20.1. The van der Waals surface area contributed by atoms with E-state index in [0.717, 1.165) is 32.6 Å². The highest BCUT2D eigenvalue weighted by Gasteiger charge is 2.57. The average Bonchev–Trinajstić information content (AvgIpc) is 2.78. The van der Waals surface area contributed by atoms with Crippen LogP contribution in [0, 0.1) is 0 Å². The van der Waals surface area contributed by atoms with Gasteiger partial charge in [0.15, 0.2) is 24.5 Å². The van der Waals surface area contributed by atoms with Crippen LogP contribution in [0.1, 0.15) is 33.3 Å². The minimum absolute atomic E-state index is 0.114. The van der Waals surface area contributed by atoms with Gasteiger partial charge in [-0.15, -0.1) is 0 Å². The molecule has 0 bridgehead atoms. The van der Waals surface area contributed by atoms with Crippen molar-refractivity contribution in [1.82, 2.24) is 4.90 Å². The molecule has 12 heteroatoms. The molecule has 0 N–H and O–H groups in total. The van der Waals surface area contributed by atoms with E-state index >= 15 is 0 Å². The Labute approximate surface area is 202 Å². The Morgan fingerprint density at radius 2 is 1.29 bits per heavy atom. The van der Waals surface area contributed by atoms with Crippen molar-refractivity contribution in [2.24, 2.45) is 0 Å². The van der Waals surface area contributed by atoms with Crippen LogP contribution in [0.15, 0.2) is 30.3 Å². The van der Waals surface area contributed by atoms with E-state index in [1.807, 2.05) is 0 Å². The molecule has 0 saturated carbocycles. The largest absolute Gasteiger partial charge is 0.464 e. The lowest BCUT2D eigenvalue weighted by Gasteiger charge is -2.49. The van der Waals surface area contributed by atoms with Gasteiger partial charge >= 0.3 is 30.0 Å². The zero-order chi connectivity index (χ0) is 26.1. The monoisotopic (exact) mass is 495 g/mol. The van der Waals surface area contributed by atoms with Crippen molar-refractivity contribution in [2.45, 2.75) is 64.9 Å². The van der Waals surface area contributed by atoms with Crippen molar-refractivity contribution in [3.63, 3.8) is 0 Å². The number of hydrogen-bond acceptors (Lipinski definition) is 11. The quantitative estimate of drug-likeness (QED) is 0.380. The Balaban J connectivity index is 2.53. The van der Waals surface area contributed by atoms with Crippen LogP contribution in [0.2, 0.25) is 0 Å². The summed E-state index contributed by atoms with van der Waals surface area (Å²) in [5, 5.41) is 0. The molecule has 1 unspecified atom stereocenters. The van der Waals surface area contributed by atoms with Crippen molar-refractivity contribution in [3.8, 4) is 0 Å². The normalized spacial score (nSPS) is 23.6. The van der Waals surface area contributed by atoms with Gasteiger partial charge in [-0.05, 0) is 5.56 Å². The lowest BCUT2D eigenvalue weighted by atomic mass is 9.92. The fourth-order valence-electron chi connectivity index (χ4n) is 3.71. The Kier molecular flexibility index (Phi) is 10.0. The predicted octanol–water partition coefficient (Wildman–Crippen LogP) is 1.34. The van der Waals surface area contributed by atoms with Crippen molar-refractivity contribution >= 4 is 30.0 Å². The van der Waals surface area contributed by atoms with Gasteiger partial charge in [0.25, 0.3) is 0 Å². The Bertz CT molecular complexity index is 919. The van der Waals surface area contributed by atoms with Crippen LogP contribution in [0.5, 0.6) is 0 Å². The van der Waals surface area contributed by atoms with E-state index in [-0.39, 0.29) is 6.61 Å². The molecule has 2 rings (SSSR count). The fourth-order valence-corrected chi connectivity index (χ4v) is 3.71. The van der Waals surface area contributed by atoms with Gasteiger partial charge in [0.05, 0.1) is 0 Å². The number of esters is 4. The van der Waals surface area contributed by atoms with E-state index in [9.17, 15) is 24.0 Å². The van der Waals surface area contributed by atoms with Crippen molar-refractivity contribution in [1.29, 1.82) is 0 Å². The highest BCUT2D eigenvalue weighted by atomic mass is 16.6. The number of piperidine rings is 1. The number of carbonyl (C=O) groups is 5. The van der Waals surface area contributed by atoms with Gasteiger partial charge in [0.1, 0.15) is 19.3 Å². The molecule has 1 saturated heterocycles. The smallest absolute Gasteiger partial charge is 0.412 e. The number of benzene rings is 1. The fraction of sp³-hybridized carbons (Fsp3) is 0.522. The molecule has 0 spiro atoms. The lowest BCUT2D eigenvalue weighted by Crippen LogP contribution is -2.71. The number of nitrogens with zero attached hydrogens (tertiary/aromatic N) is 1. The standard InChI is InChI=1S/C23H29NO11/c1-13(25)31-12-18-19(33-14(2)26)20(34-15(3)27)21(35-16(4)28)22(30-5)24(18)23(29)32-11-17-9-7-6-8-10-17/h6-10,18-22H,11-12H2,1-5H3/t18-,19-,20+,21-,22?/m1/s1. The van der Waals surface area contributed by atoms with E-state index in [1.54, 1.807) is 30.3 Å². The highest BCUT2D eigenvalue weighted by Crippen LogP contribution is 2.33. The molecule has 5 atom stereocenters. The van der Waals surface area contributed by atoms with Crippen molar-refractivity contribution in [2.75, 3.05) is 13.7 Å². The summed E-state index contributed by atoms with van der Waals surface area (Å²) in [6, 6.07) is 7.61. The van der Waals surface area contributed by atoms with Crippen LogP contribution in [-0.4, -0.2) is 79.2 Å². The Morgan fingerprint density at radius 1 is 0.743 bits per heavy atom. The number of likely N-dealkylation sites (tertiary alicyclic amines) is 1. The summed E-state index contributed by atoms with van der Waals surface area (Å²) in [7, 11) is 1.23. The molecule has 1 amide bonds. The zero-order valence-electron chi connectivity index (χ0n) is 20.1. The first-order chi connectivity index (χ1) is 16.5. The third kappa shape index (κ3) is 7.67. The molecule has 1 aromatic rings. The Morgan fingerprint density at radius 3 is 1.80 bits per heavy atom. The van der Waals surface area contributed by atoms with Gasteiger partial charge in [0.2, 0.25) is 0 Å². The molecule has 0 aliphatic carbocycles. The second-order valence-electron chi connectivity index (χ2n) is 7.67.